The highest BCUT2D eigenvalue weighted by atomic mass is 32.2. The van der Waals surface area contributed by atoms with E-state index in [2.05, 4.69) is 20.0 Å². The molecule has 0 fully saturated rings. The first-order valence-corrected chi connectivity index (χ1v) is 12.3. The van der Waals surface area contributed by atoms with Crippen LogP contribution in [-0.2, 0) is 24.3 Å². The molecule has 1 aromatic heterocycles. The third-order valence-electron chi connectivity index (χ3n) is 4.79. The number of hydrogen-bond donors (Lipinski definition) is 2. The van der Waals surface area contributed by atoms with E-state index in [1.165, 1.54) is 31.3 Å². The predicted molar refractivity (Wildman–Crippen MR) is 124 cm³/mol. The van der Waals surface area contributed by atoms with Gasteiger partial charge in [-0.2, -0.15) is 0 Å². The van der Waals surface area contributed by atoms with Crippen LogP contribution in [0.5, 0.6) is 0 Å². The molecule has 2 heterocycles. The molecule has 0 saturated heterocycles. The molecule has 1 aliphatic rings. The predicted octanol–water partition coefficient (Wildman–Crippen LogP) is 2.81. The van der Waals surface area contributed by atoms with Gasteiger partial charge in [-0.3, -0.25) is 19.8 Å². The fourth-order valence-electron chi connectivity index (χ4n) is 3.08. The number of carbonyl (C=O) groups is 2. The maximum atomic E-state index is 12.5. The Morgan fingerprint density at radius 1 is 1.09 bits per heavy atom. The van der Waals surface area contributed by atoms with Crippen molar-refractivity contribution in [3.8, 4) is 11.3 Å². The quantitative estimate of drug-likeness (QED) is 0.518. The lowest BCUT2D eigenvalue weighted by atomic mass is 10.2. The average molecular weight is 485 g/mol. The number of aliphatic imine (C=N–C) groups is 1. The number of carbonyl (C=O) groups excluding carboxylic acids is 2. The molecule has 1 amide bonds. The van der Waals surface area contributed by atoms with Crippen molar-refractivity contribution < 1.29 is 22.7 Å². The molecule has 9 nitrogen and oxygen atoms in total. The summed E-state index contributed by atoms with van der Waals surface area (Å²) < 4.78 is 31.9. The zero-order chi connectivity index (χ0) is 23.6. The van der Waals surface area contributed by atoms with Crippen LogP contribution < -0.4 is 10.0 Å². The summed E-state index contributed by atoms with van der Waals surface area (Å²) in [6, 6.07) is 14.8. The Hall–Kier alpha value is -3.57. The highest BCUT2D eigenvalue weighted by Gasteiger charge is 2.31. The monoisotopic (exact) mass is 484 g/mol. The average Bonchev–Trinajstić information content (AvgIpc) is 3.36. The second-order valence-electron chi connectivity index (χ2n) is 7.23. The number of nitrogens with zero attached hydrogens (tertiary/aromatic N) is 2. The van der Waals surface area contributed by atoms with E-state index < -0.39 is 34.0 Å². The number of amides is 1. The lowest BCUT2D eigenvalue weighted by molar-refractivity contribution is -0.153. The van der Waals surface area contributed by atoms with Crippen LogP contribution in [0.3, 0.4) is 0 Å². The summed E-state index contributed by atoms with van der Waals surface area (Å²) in [5.41, 5.74) is 2.02. The SMILES string of the molecule is CC(N=C1NS(=O)(=O)c2ccccc21)C(=O)OC(C)C(=O)Nc1nc(-c2ccccc2)cs1. The van der Waals surface area contributed by atoms with Gasteiger partial charge in [0.1, 0.15) is 11.9 Å². The standard InChI is InChI=1S/C22H20N4O5S2/c1-13(23-19-16-10-6-7-11-18(16)33(29,30)26-19)21(28)31-14(2)20(27)25-22-24-17(12-32-22)15-8-4-3-5-9-15/h3-14H,1-2H3,(H,23,26)(H,24,25,27). The van der Waals surface area contributed by atoms with Crippen molar-refractivity contribution in [2.24, 2.45) is 4.99 Å². The highest BCUT2D eigenvalue weighted by molar-refractivity contribution is 7.90. The normalized spacial score (nSPS) is 17.0. The number of rotatable bonds is 6. The van der Waals surface area contributed by atoms with E-state index in [9.17, 15) is 18.0 Å². The van der Waals surface area contributed by atoms with Gasteiger partial charge >= 0.3 is 5.97 Å². The van der Waals surface area contributed by atoms with Gasteiger partial charge in [-0.1, -0.05) is 42.5 Å². The van der Waals surface area contributed by atoms with Crippen molar-refractivity contribution in [3.63, 3.8) is 0 Å². The number of ether oxygens (including phenoxy) is 1. The largest absolute Gasteiger partial charge is 0.451 e. The Kier molecular flexibility index (Phi) is 6.25. The second-order valence-corrected chi connectivity index (χ2v) is 9.74. The Bertz CT molecular complexity index is 1340. The van der Waals surface area contributed by atoms with E-state index in [1.54, 1.807) is 18.2 Å². The van der Waals surface area contributed by atoms with Gasteiger partial charge in [0.25, 0.3) is 15.9 Å². The topological polar surface area (TPSA) is 127 Å². The van der Waals surface area contributed by atoms with Gasteiger partial charge in [0.2, 0.25) is 0 Å². The first kappa shape index (κ1) is 22.6. The van der Waals surface area contributed by atoms with Crippen molar-refractivity contribution >= 4 is 44.2 Å². The van der Waals surface area contributed by atoms with Crippen LogP contribution in [0.1, 0.15) is 19.4 Å². The molecule has 0 bridgehead atoms. The first-order chi connectivity index (χ1) is 15.7. The zero-order valence-corrected chi connectivity index (χ0v) is 19.3. The highest BCUT2D eigenvalue weighted by Crippen LogP contribution is 2.25. The number of hydrogen-bond acceptors (Lipinski definition) is 8. The molecule has 11 heteroatoms. The van der Waals surface area contributed by atoms with Gasteiger partial charge in [0.15, 0.2) is 11.2 Å². The van der Waals surface area contributed by atoms with Crippen LogP contribution in [0.4, 0.5) is 5.13 Å². The molecule has 1 aliphatic heterocycles. The molecule has 0 radical (unpaired) electrons. The Morgan fingerprint density at radius 3 is 2.55 bits per heavy atom. The number of esters is 1. The molecule has 2 atom stereocenters. The molecular formula is C22H20N4O5S2. The van der Waals surface area contributed by atoms with E-state index >= 15 is 0 Å². The minimum Gasteiger partial charge on any atom is -0.451 e. The van der Waals surface area contributed by atoms with Gasteiger partial charge in [-0.05, 0) is 26.0 Å². The molecule has 0 spiro atoms. The molecule has 4 rings (SSSR count). The van der Waals surface area contributed by atoms with Crippen molar-refractivity contribution in [3.05, 3.63) is 65.5 Å². The summed E-state index contributed by atoms with van der Waals surface area (Å²) in [5.74, 6) is -1.25. The van der Waals surface area contributed by atoms with E-state index in [0.29, 0.717) is 10.7 Å². The Morgan fingerprint density at radius 2 is 1.79 bits per heavy atom. The Balaban J connectivity index is 1.38. The molecule has 0 saturated carbocycles. The number of anilines is 1. The summed E-state index contributed by atoms with van der Waals surface area (Å²) in [6.07, 6.45) is -1.10. The molecule has 2 aromatic carbocycles. The molecule has 170 valence electrons. The van der Waals surface area contributed by atoms with Crippen molar-refractivity contribution in [1.82, 2.24) is 9.71 Å². The number of fused-ring (bicyclic) bond motifs is 1. The molecule has 3 aromatic rings. The maximum Gasteiger partial charge on any atom is 0.331 e. The molecule has 0 aliphatic carbocycles. The van der Waals surface area contributed by atoms with Crippen LogP contribution in [0.25, 0.3) is 11.3 Å². The smallest absolute Gasteiger partial charge is 0.331 e. The molecule has 33 heavy (non-hydrogen) atoms. The van der Waals surface area contributed by atoms with Gasteiger partial charge in [-0.15, -0.1) is 11.3 Å². The third kappa shape index (κ3) is 4.94. The lowest BCUT2D eigenvalue weighted by Crippen LogP contribution is -2.33. The first-order valence-electron chi connectivity index (χ1n) is 9.97. The Labute approximate surface area is 194 Å². The summed E-state index contributed by atoms with van der Waals surface area (Å²) >= 11 is 1.26. The van der Waals surface area contributed by atoms with Gasteiger partial charge in [0, 0.05) is 16.5 Å². The van der Waals surface area contributed by atoms with Gasteiger partial charge < -0.3 is 4.74 Å². The van der Waals surface area contributed by atoms with E-state index in [-0.39, 0.29) is 10.7 Å². The fourth-order valence-corrected chi connectivity index (χ4v) is 5.04. The number of benzene rings is 2. The third-order valence-corrected chi connectivity index (χ3v) is 6.95. The van der Waals surface area contributed by atoms with Gasteiger partial charge in [-0.25, -0.2) is 18.2 Å². The summed E-state index contributed by atoms with van der Waals surface area (Å²) in [4.78, 5) is 33.6. The van der Waals surface area contributed by atoms with Crippen molar-refractivity contribution in [1.29, 1.82) is 0 Å². The van der Waals surface area contributed by atoms with Crippen LogP contribution in [0.2, 0.25) is 0 Å². The van der Waals surface area contributed by atoms with Crippen LogP contribution in [0, 0.1) is 0 Å². The van der Waals surface area contributed by atoms with E-state index in [4.69, 9.17) is 4.74 Å². The number of sulfonamides is 1. The molecule has 2 unspecified atom stereocenters. The second kappa shape index (κ2) is 9.12. The molecule has 2 N–H and O–H groups in total. The van der Waals surface area contributed by atoms with Crippen molar-refractivity contribution in [2.45, 2.75) is 30.9 Å². The van der Waals surface area contributed by atoms with Crippen molar-refractivity contribution in [2.75, 3.05) is 5.32 Å². The fraction of sp³-hybridized carbons (Fsp3) is 0.182. The number of aromatic nitrogens is 1. The lowest BCUT2D eigenvalue weighted by Gasteiger charge is -2.14. The van der Waals surface area contributed by atoms with Crippen LogP contribution in [0.15, 0.2) is 69.9 Å². The van der Waals surface area contributed by atoms with Crippen LogP contribution >= 0.6 is 11.3 Å². The number of amidine groups is 1. The van der Waals surface area contributed by atoms with E-state index in [1.807, 2.05) is 35.7 Å². The molecular weight excluding hydrogens is 464 g/mol. The minimum atomic E-state index is -3.72. The van der Waals surface area contributed by atoms with Crippen LogP contribution in [-0.4, -0.2) is 43.3 Å². The van der Waals surface area contributed by atoms with Gasteiger partial charge in [0.05, 0.1) is 10.6 Å². The summed E-state index contributed by atoms with van der Waals surface area (Å²) in [6.45, 7) is 2.90. The maximum absolute atomic E-state index is 12.5. The minimum absolute atomic E-state index is 0.0587. The number of nitrogens with one attached hydrogen (secondary N) is 2. The zero-order valence-electron chi connectivity index (χ0n) is 17.7. The summed E-state index contributed by atoms with van der Waals surface area (Å²) in [5, 5.41) is 4.84. The number of thiazole rings is 1. The summed E-state index contributed by atoms with van der Waals surface area (Å²) in [7, 11) is -3.72. The van der Waals surface area contributed by atoms with E-state index in [0.717, 1.165) is 11.3 Å².